The standard InChI is InChI=1S/C20H29NO3/c1-20(2,3)24-19(22)21(14-15-9-11-23-12-10-15)18-13-17(18)16-7-5-4-6-8-16/h4-8,15,17-18H,9-14H2,1-3H3/t17-,18+/m0/s1. The lowest BCUT2D eigenvalue weighted by atomic mass is 9.99. The topological polar surface area (TPSA) is 38.8 Å². The molecule has 1 saturated carbocycles. The van der Waals surface area contributed by atoms with Crippen LogP contribution in [0.25, 0.3) is 0 Å². The lowest BCUT2D eigenvalue weighted by Crippen LogP contribution is -2.42. The molecule has 1 saturated heterocycles. The van der Waals surface area contributed by atoms with E-state index in [1.807, 2.05) is 31.7 Å². The molecule has 1 heterocycles. The minimum absolute atomic E-state index is 0.169. The van der Waals surface area contributed by atoms with Crippen LogP contribution in [0.1, 0.15) is 51.5 Å². The summed E-state index contributed by atoms with van der Waals surface area (Å²) in [7, 11) is 0. The van der Waals surface area contributed by atoms with E-state index in [1.54, 1.807) is 0 Å². The summed E-state index contributed by atoms with van der Waals surface area (Å²) in [6.07, 6.45) is 2.92. The van der Waals surface area contributed by atoms with E-state index >= 15 is 0 Å². The molecule has 0 bridgehead atoms. The quantitative estimate of drug-likeness (QED) is 0.830. The predicted octanol–water partition coefficient (Wildman–Crippen LogP) is 4.21. The molecule has 132 valence electrons. The number of hydrogen-bond acceptors (Lipinski definition) is 3. The molecule has 1 aromatic carbocycles. The van der Waals surface area contributed by atoms with Crippen LogP contribution in [-0.4, -0.2) is 42.4 Å². The highest BCUT2D eigenvalue weighted by Crippen LogP contribution is 2.45. The minimum atomic E-state index is -0.456. The van der Waals surface area contributed by atoms with Crippen molar-refractivity contribution in [2.24, 2.45) is 5.92 Å². The first kappa shape index (κ1) is 17.3. The Labute approximate surface area is 145 Å². The van der Waals surface area contributed by atoms with Gasteiger partial charge in [0.15, 0.2) is 0 Å². The van der Waals surface area contributed by atoms with E-state index < -0.39 is 5.60 Å². The van der Waals surface area contributed by atoms with Gasteiger partial charge in [-0.25, -0.2) is 4.79 Å². The zero-order valence-corrected chi connectivity index (χ0v) is 15.0. The van der Waals surface area contributed by atoms with Crippen LogP contribution in [0.3, 0.4) is 0 Å². The van der Waals surface area contributed by atoms with Gasteiger partial charge < -0.3 is 14.4 Å². The van der Waals surface area contributed by atoms with Crippen LogP contribution < -0.4 is 0 Å². The van der Waals surface area contributed by atoms with Crippen LogP contribution in [-0.2, 0) is 9.47 Å². The van der Waals surface area contributed by atoms with Gasteiger partial charge in [-0.3, -0.25) is 0 Å². The van der Waals surface area contributed by atoms with Gasteiger partial charge in [0, 0.05) is 31.7 Å². The van der Waals surface area contributed by atoms with Crippen molar-refractivity contribution in [3.05, 3.63) is 35.9 Å². The van der Waals surface area contributed by atoms with Crippen molar-refractivity contribution < 1.29 is 14.3 Å². The van der Waals surface area contributed by atoms with E-state index in [4.69, 9.17) is 9.47 Å². The van der Waals surface area contributed by atoms with Crippen molar-refractivity contribution in [2.45, 2.75) is 57.6 Å². The van der Waals surface area contributed by atoms with Crippen LogP contribution in [0, 0.1) is 5.92 Å². The molecular formula is C20H29NO3. The van der Waals surface area contributed by atoms with E-state index in [9.17, 15) is 4.79 Å². The smallest absolute Gasteiger partial charge is 0.410 e. The predicted molar refractivity (Wildman–Crippen MR) is 94.1 cm³/mol. The first-order valence-electron chi connectivity index (χ1n) is 9.06. The van der Waals surface area contributed by atoms with Crippen molar-refractivity contribution in [1.82, 2.24) is 4.90 Å². The number of carbonyl (C=O) groups is 1. The molecule has 2 aliphatic rings. The molecule has 0 aromatic heterocycles. The number of carbonyl (C=O) groups excluding carboxylic acids is 1. The van der Waals surface area contributed by atoms with Crippen molar-refractivity contribution in [1.29, 1.82) is 0 Å². The zero-order chi connectivity index (χ0) is 17.2. The average Bonchev–Trinajstić information content (AvgIpc) is 3.33. The molecule has 1 aliphatic heterocycles. The molecule has 0 unspecified atom stereocenters. The molecule has 0 spiro atoms. The van der Waals surface area contributed by atoms with E-state index in [0.29, 0.717) is 11.8 Å². The van der Waals surface area contributed by atoms with Gasteiger partial charge in [0.05, 0.1) is 0 Å². The number of ether oxygens (including phenoxy) is 2. The molecule has 1 aliphatic carbocycles. The van der Waals surface area contributed by atoms with Gasteiger partial charge >= 0.3 is 6.09 Å². The molecular weight excluding hydrogens is 302 g/mol. The first-order valence-corrected chi connectivity index (χ1v) is 9.06. The second kappa shape index (κ2) is 7.14. The Morgan fingerprint density at radius 2 is 1.88 bits per heavy atom. The summed E-state index contributed by atoms with van der Waals surface area (Å²) in [4.78, 5) is 14.7. The lowest BCUT2D eigenvalue weighted by Gasteiger charge is -2.32. The molecule has 24 heavy (non-hydrogen) atoms. The third kappa shape index (κ3) is 4.50. The Bertz CT molecular complexity index is 546. The highest BCUT2D eigenvalue weighted by atomic mass is 16.6. The molecule has 0 radical (unpaired) electrons. The Morgan fingerprint density at radius 1 is 1.21 bits per heavy atom. The Balaban J connectivity index is 1.69. The van der Waals surface area contributed by atoms with Gasteiger partial charge in [-0.15, -0.1) is 0 Å². The normalized spacial score (nSPS) is 24.5. The monoisotopic (exact) mass is 331 g/mol. The summed E-state index contributed by atoms with van der Waals surface area (Å²) in [5, 5.41) is 0. The Hall–Kier alpha value is -1.55. The number of hydrogen-bond donors (Lipinski definition) is 0. The van der Waals surface area contributed by atoms with Crippen molar-refractivity contribution in [3.8, 4) is 0 Å². The van der Waals surface area contributed by atoms with Crippen LogP contribution in [0.2, 0.25) is 0 Å². The summed E-state index contributed by atoms with van der Waals surface area (Å²) in [5.74, 6) is 0.960. The molecule has 4 heteroatoms. The van der Waals surface area contributed by atoms with Gasteiger partial charge in [-0.1, -0.05) is 30.3 Å². The SMILES string of the molecule is CC(C)(C)OC(=O)N(CC1CCOCC1)[C@@H]1C[C@H]1c1ccccc1. The number of nitrogens with zero attached hydrogens (tertiary/aromatic N) is 1. The number of benzene rings is 1. The zero-order valence-electron chi connectivity index (χ0n) is 15.0. The van der Waals surface area contributed by atoms with Crippen LogP contribution >= 0.6 is 0 Å². The van der Waals surface area contributed by atoms with E-state index in [1.165, 1.54) is 5.56 Å². The molecule has 4 nitrogen and oxygen atoms in total. The third-order valence-electron chi connectivity index (χ3n) is 4.81. The van der Waals surface area contributed by atoms with Gasteiger partial charge in [-0.05, 0) is 51.5 Å². The van der Waals surface area contributed by atoms with Crippen molar-refractivity contribution in [2.75, 3.05) is 19.8 Å². The molecule has 2 fully saturated rings. The van der Waals surface area contributed by atoms with Crippen molar-refractivity contribution >= 4 is 6.09 Å². The Kier molecular flexibility index (Phi) is 5.14. The fourth-order valence-electron chi connectivity index (χ4n) is 3.46. The first-order chi connectivity index (χ1) is 11.4. The van der Waals surface area contributed by atoms with E-state index in [-0.39, 0.29) is 12.1 Å². The maximum atomic E-state index is 12.8. The maximum absolute atomic E-state index is 12.8. The average molecular weight is 331 g/mol. The summed E-state index contributed by atoms with van der Waals surface area (Å²) < 4.78 is 11.1. The molecule has 2 atom stereocenters. The lowest BCUT2D eigenvalue weighted by molar-refractivity contribution is 0.0100. The van der Waals surface area contributed by atoms with Crippen molar-refractivity contribution in [3.63, 3.8) is 0 Å². The van der Waals surface area contributed by atoms with Crippen LogP contribution in [0.5, 0.6) is 0 Å². The van der Waals surface area contributed by atoms with E-state index in [2.05, 4.69) is 24.3 Å². The van der Waals surface area contributed by atoms with Gasteiger partial charge in [0.1, 0.15) is 5.60 Å². The number of rotatable bonds is 4. The summed E-state index contributed by atoms with van der Waals surface area (Å²) in [6, 6.07) is 10.8. The fraction of sp³-hybridized carbons (Fsp3) is 0.650. The Morgan fingerprint density at radius 3 is 2.50 bits per heavy atom. The molecule has 3 rings (SSSR count). The van der Waals surface area contributed by atoms with Crippen LogP contribution in [0.15, 0.2) is 30.3 Å². The summed E-state index contributed by atoms with van der Waals surface area (Å²) in [5.41, 5.74) is 0.866. The molecule has 0 N–H and O–H groups in total. The molecule has 1 aromatic rings. The van der Waals surface area contributed by atoms with E-state index in [0.717, 1.165) is 39.0 Å². The van der Waals surface area contributed by atoms with Gasteiger partial charge in [0.2, 0.25) is 0 Å². The van der Waals surface area contributed by atoms with Crippen LogP contribution in [0.4, 0.5) is 4.79 Å². The highest BCUT2D eigenvalue weighted by Gasteiger charge is 2.46. The summed E-state index contributed by atoms with van der Waals surface area (Å²) >= 11 is 0. The highest BCUT2D eigenvalue weighted by molar-refractivity contribution is 5.69. The second-order valence-electron chi connectivity index (χ2n) is 8.01. The van der Waals surface area contributed by atoms with Gasteiger partial charge in [0.25, 0.3) is 0 Å². The fourth-order valence-corrected chi connectivity index (χ4v) is 3.46. The van der Waals surface area contributed by atoms with Gasteiger partial charge in [-0.2, -0.15) is 0 Å². The third-order valence-corrected chi connectivity index (χ3v) is 4.81. The summed E-state index contributed by atoms with van der Waals surface area (Å²) in [6.45, 7) is 8.18. The maximum Gasteiger partial charge on any atom is 0.410 e. The second-order valence-corrected chi connectivity index (χ2v) is 8.01. The largest absolute Gasteiger partial charge is 0.444 e. The minimum Gasteiger partial charge on any atom is -0.444 e. The molecule has 1 amide bonds. The number of amides is 1.